The maximum atomic E-state index is 2.41. The van der Waals surface area contributed by atoms with Gasteiger partial charge in [-0.2, -0.15) is 0 Å². The van der Waals surface area contributed by atoms with Crippen LogP contribution in [-0.2, 0) is 0 Å². The van der Waals surface area contributed by atoms with Crippen LogP contribution in [0.4, 0.5) is 17.1 Å². The Balaban J connectivity index is 1.12. The molecule has 2 nitrogen and oxygen atoms in total. The Bertz CT molecular complexity index is 2810. The minimum Gasteiger partial charge on any atom is -0.310 e. The molecule has 0 saturated heterocycles. The molecule has 49 heavy (non-hydrogen) atoms. The van der Waals surface area contributed by atoms with E-state index in [-0.39, 0.29) is 0 Å². The van der Waals surface area contributed by atoms with Gasteiger partial charge >= 0.3 is 0 Å². The lowest BCUT2D eigenvalue weighted by Crippen LogP contribution is -2.10. The fourth-order valence-corrected chi connectivity index (χ4v) is 8.56. The van der Waals surface area contributed by atoms with Gasteiger partial charge in [-0.15, -0.1) is 11.3 Å². The zero-order valence-corrected chi connectivity index (χ0v) is 27.4. The van der Waals surface area contributed by atoms with E-state index in [9.17, 15) is 0 Å². The first-order valence-corrected chi connectivity index (χ1v) is 17.5. The van der Waals surface area contributed by atoms with E-state index in [4.69, 9.17) is 0 Å². The van der Waals surface area contributed by atoms with Gasteiger partial charge in [0.25, 0.3) is 0 Å². The summed E-state index contributed by atoms with van der Waals surface area (Å²) >= 11 is 1.86. The third-order valence-corrected chi connectivity index (χ3v) is 10.9. The van der Waals surface area contributed by atoms with Crippen LogP contribution in [0.1, 0.15) is 0 Å². The minimum absolute atomic E-state index is 1.11. The highest BCUT2D eigenvalue weighted by Gasteiger charge is 2.17. The van der Waals surface area contributed by atoms with Gasteiger partial charge in [-0.3, -0.25) is 0 Å². The van der Waals surface area contributed by atoms with Crippen LogP contribution >= 0.6 is 11.3 Å². The second kappa shape index (κ2) is 11.2. The van der Waals surface area contributed by atoms with Crippen LogP contribution < -0.4 is 4.90 Å². The summed E-state index contributed by atoms with van der Waals surface area (Å²) in [6, 6.07) is 66.2. The molecule has 2 heterocycles. The van der Waals surface area contributed by atoms with Crippen molar-refractivity contribution in [2.75, 3.05) is 4.90 Å². The van der Waals surface area contributed by atoms with E-state index in [0.29, 0.717) is 0 Å². The molecule has 10 aromatic rings. The van der Waals surface area contributed by atoms with E-state index in [1.165, 1.54) is 63.9 Å². The summed E-state index contributed by atoms with van der Waals surface area (Å²) < 4.78 is 5.01. The molecule has 0 bridgehead atoms. The molecule has 0 aliphatic carbocycles. The zero-order chi connectivity index (χ0) is 32.3. The first-order chi connectivity index (χ1) is 24.3. The second-order valence-electron chi connectivity index (χ2n) is 12.6. The lowest BCUT2D eigenvalue weighted by molar-refractivity contribution is 1.17. The monoisotopic (exact) mass is 642 g/mol. The topological polar surface area (TPSA) is 8.17 Å². The van der Waals surface area contributed by atoms with Crippen molar-refractivity contribution >= 4 is 81.1 Å². The Hall–Kier alpha value is -6.16. The van der Waals surface area contributed by atoms with Crippen LogP contribution in [0.2, 0.25) is 0 Å². The van der Waals surface area contributed by atoms with Crippen molar-refractivity contribution < 1.29 is 0 Å². The molecule has 8 aromatic carbocycles. The number of fused-ring (bicyclic) bond motifs is 7. The summed E-state index contributed by atoms with van der Waals surface area (Å²) in [5.41, 5.74) is 9.38. The molecule has 0 amide bonds. The molecule has 0 aliphatic rings. The van der Waals surface area contributed by atoms with Gasteiger partial charge in [0.2, 0.25) is 0 Å². The van der Waals surface area contributed by atoms with Gasteiger partial charge in [0.1, 0.15) is 0 Å². The fraction of sp³-hybridized carbons (Fsp3) is 0. The van der Waals surface area contributed by atoms with Crippen LogP contribution in [-0.4, -0.2) is 4.57 Å². The fourth-order valence-electron chi connectivity index (χ4n) is 7.42. The highest BCUT2D eigenvalue weighted by atomic mass is 32.1. The summed E-state index contributed by atoms with van der Waals surface area (Å²) in [5.74, 6) is 0. The van der Waals surface area contributed by atoms with Crippen molar-refractivity contribution in [2.45, 2.75) is 0 Å². The van der Waals surface area contributed by atoms with Gasteiger partial charge in [-0.25, -0.2) is 0 Å². The van der Waals surface area contributed by atoms with Gasteiger partial charge < -0.3 is 9.47 Å². The number of benzene rings is 8. The van der Waals surface area contributed by atoms with Crippen LogP contribution in [0.5, 0.6) is 0 Å². The zero-order valence-electron chi connectivity index (χ0n) is 26.6. The molecule has 0 spiro atoms. The van der Waals surface area contributed by atoms with E-state index < -0.39 is 0 Å². The number of thiophene rings is 1. The van der Waals surface area contributed by atoms with Crippen molar-refractivity contribution in [3.8, 4) is 16.8 Å². The summed E-state index contributed by atoms with van der Waals surface area (Å²) in [5, 5.41) is 7.67. The summed E-state index contributed by atoms with van der Waals surface area (Å²) in [7, 11) is 0. The Morgan fingerprint density at radius 3 is 1.76 bits per heavy atom. The number of anilines is 3. The lowest BCUT2D eigenvalue weighted by atomic mass is 10.0. The van der Waals surface area contributed by atoms with Crippen molar-refractivity contribution in [3.63, 3.8) is 0 Å². The average molecular weight is 643 g/mol. The molecular formula is C46H30N2S. The normalized spacial score (nSPS) is 11.7. The molecule has 0 N–H and O–H groups in total. The van der Waals surface area contributed by atoms with Crippen LogP contribution in [0.25, 0.3) is 69.6 Å². The number of hydrogen-bond donors (Lipinski definition) is 0. The maximum Gasteiger partial charge on any atom is 0.0547 e. The predicted octanol–water partition coefficient (Wildman–Crippen LogP) is 13.4. The van der Waals surface area contributed by atoms with Gasteiger partial charge in [-0.1, -0.05) is 109 Å². The molecular weight excluding hydrogens is 613 g/mol. The minimum atomic E-state index is 1.11. The quantitative estimate of drug-likeness (QED) is 0.181. The first kappa shape index (κ1) is 27.9. The summed E-state index contributed by atoms with van der Waals surface area (Å²) in [4.78, 5) is 2.38. The van der Waals surface area contributed by atoms with Crippen LogP contribution in [0, 0.1) is 0 Å². The molecule has 0 fully saturated rings. The molecule has 0 unspecified atom stereocenters. The number of para-hydroxylation sites is 1. The lowest BCUT2D eigenvalue weighted by Gasteiger charge is -2.26. The average Bonchev–Trinajstić information content (AvgIpc) is 3.70. The molecule has 0 atom stereocenters. The molecule has 0 radical (unpaired) electrons. The third-order valence-electron chi connectivity index (χ3n) is 9.76. The highest BCUT2D eigenvalue weighted by molar-refractivity contribution is 7.25. The molecule has 2 aromatic heterocycles. The summed E-state index contributed by atoms with van der Waals surface area (Å²) in [6.45, 7) is 0. The molecule has 10 rings (SSSR count). The molecule has 230 valence electrons. The van der Waals surface area contributed by atoms with E-state index in [1.807, 2.05) is 11.3 Å². The van der Waals surface area contributed by atoms with Gasteiger partial charge in [0.15, 0.2) is 0 Å². The Morgan fingerprint density at radius 1 is 0.367 bits per heavy atom. The largest absolute Gasteiger partial charge is 0.310 e. The van der Waals surface area contributed by atoms with Crippen molar-refractivity contribution in [1.29, 1.82) is 0 Å². The van der Waals surface area contributed by atoms with Gasteiger partial charge in [0.05, 0.1) is 11.0 Å². The van der Waals surface area contributed by atoms with Gasteiger partial charge in [0, 0.05) is 53.7 Å². The first-order valence-electron chi connectivity index (χ1n) is 16.7. The number of hydrogen-bond acceptors (Lipinski definition) is 2. The van der Waals surface area contributed by atoms with Gasteiger partial charge in [-0.05, 0) is 94.7 Å². The smallest absolute Gasteiger partial charge is 0.0547 e. The third kappa shape index (κ3) is 4.62. The predicted molar refractivity (Wildman–Crippen MR) is 211 cm³/mol. The standard InChI is InChI=1S/C46H30N2S/c1-2-10-31(11-3-1)32-18-20-35(21-19-32)47(38-26-27-41-40-15-7-9-17-45(40)49-46(41)30-38)36-22-24-37(25-23-36)48-43-16-8-6-14-39(43)42-28-33-12-4-5-13-34(33)29-44(42)48/h1-30H. The maximum absolute atomic E-state index is 2.41. The Morgan fingerprint density at radius 2 is 0.959 bits per heavy atom. The second-order valence-corrected chi connectivity index (χ2v) is 13.7. The highest BCUT2D eigenvalue weighted by Crippen LogP contribution is 2.42. The molecule has 0 saturated carbocycles. The van der Waals surface area contributed by atoms with E-state index in [0.717, 1.165) is 22.7 Å². The SMILES string of the molecule is c1ccc(-c2ccc(N(c3ccc(-n4c5ccccc5c5cc6ccccc6cc54)cc3)c3ccc4c(c3)sc3ccccc34)cc2)cc1. The van der Waals surface area contributed by atoms with E-state index in [1.54, 1.807) is 0 Å². The number of aromatic nitrogens is 1. The van der Waals surface area contributed by atoms with Crippen molar-refractivity contribution in [3.05, 3.63) is 182 Å². The summed E-state index contributed by atoms with van der Waals surface area (Å²) in [6.07, 6.45) is 0. The Labute approximate surface area is 288 Å². The van der Waals surface area contributed by atoms with Crippen LogP contribution in [0.15, 0.2) is 182 Å². The number of rotatable bonds is 5. The Kier molecular flexibility index (Phi) is 6.39. The number of nitrogens with zero attached hydrogens (tertiary/aromatic N) is 2. The van der Waals surface area contributed by atoms with Crippen molar-refractivity contribution in [2.24, 2.45) is 0 Å². The molecule has 0 aliphatic heterocycles. The van der Waals surface area contributed by atoms with E-state index >= 15 is 0 Å². The van der Waals surface area contributed by atoms with Crippen molar-refractivity contribution in [1.82, 2.24) is 4.57 Å². The van der Waals surface area contributed by atoms with E-state index in [2.05, 4.69) is 191 Å². The van der Waals surface area contributed by atoms with Crippen LogP contribution in [0.3, 0.4) is 0 Å². The molecule has 3 heteroatoms.